The van der Waals surface area contributed by atoms with E-state index in [1.807, 2.05) is 0 Å². The third-order valence-electron chi connectivity index (χ3n) is 1.76. The van der Waals surface area contributed by atoms with Crippen molar-refractivity contribution >= 4 is 12.0 Å². The molecular weight excluding hydrogens is 178 g/mol. The summed E-state index contributed by atoms with van der Waals surface area (Å²) in [7, 11) is 0. The van der Waals surface area contributed by atoms with Crippen LogP contribution in [0.5, 0.6) is 0 Å². The van der Waals surface area contributed by atoms with Crippen molar-refractivity contribution in [2.45, 2.75) is 19.8 Å². The van der Waals surface area contributed by atoms with Crippen LogP contribution in [0.25, 0.3) is 6.08 Å². The van der Waals surface area contributed by atoms with Gasteiger partial charge in [-0.1, -0.05) is 13.3 Å². The fraction of sp³-hybridized carbons (Fsp3) is 0.400. The maximum Gasteiger partial charge on any atom is 0.244 e. The quantitative estimate of drug-likeness (QED) is 0.547. The third-order valence-corrected chi connectivity index (χ3v) is 1.76. The van der Waals surface area contributed by atoms with Gasteiger partial charge < -0.3 is 10.3 Å². The summed E-state index contributed by atoms with van der Waals surface area (Å²) in [5, 5.41) is 2.79. The van der Waals surface area contributed by atoms with Crippen molar-refractivity contribution in [2.24, 2.45) is 0 Å². The molecule has 0 aliphatic heterocycles. The van der Waals surface area contributed by atoms with E-state index in [1.165, 1.54) is 6.08 Å². The molecule has 0 aliphatic carbocycles. The lowest BCUT2D eigenvalue weighted by atomic mass is 10.3. The van der Waals surface area contributed by atoms with Crippen molar-refractivity contribution in [1.29, 1.82) is 0 Å². The topological polar surface area (TPSA) is 57.8 Å². The van der Waals surface area contributed by atoms with Crippen molar-refractivity contribution in [1.82, 2.24) is 15.3 Å². The number of aromatic amines is 1. The van der Waals surface area contributed by atoms with Gasteiger partial charge >= 0.3 is 0 Å². The number of aromatic nitrogens is 2. The number of nitrogens with zero attached hydrogens (tertiary/aromatic N) is 1. The smallest absolute Gasteiger partial charge is 0.244 e. The molecular formula is C10H15N3O. The number of carbonyl (C=O) groups is 1. The Morgan fingerprint density at radius 1 is 1.71 bits per heavy atom. The van der Waals surface area contributed by atoms with E-state index in [2.05, 4.69) is 22.2 Å². The van der Waals surface area contributed by atoms with E-state index in [1.54, 1.807) is 18.6 Å². The molecule has 14 heavy (non-hydrogen) atoms. The third kappa shape index (κ3) is 3.89. The first-order valence-corrected chi connectivity index (χ1v) is 4.77. The number of rotatable bonds is 5. The minimum atomic E-state index is -0.0620. The second kappa shape index (κ2) is 5.96. The van der Waals surface area contributed by atoms with Crippen LogP contribution >= 0.6 is 0 Å². The van der Waals surface area contributed by atoms with Gasteiger partial charge in [0, 0.05) is 12.6 Å². The molecule has 1 aromatic rings. The number of carbonyl (C=O) groups excluding carboxylic acids is 1. The van der Waals surface area contributed by atoms with E-state index < -0.39 is 0 Å². The summed E-state index contributed by atoms with van der Waals surface area (Å²) in [6.45, 7) is 2.83. The van der Waals surface area contributed by atoms with Crippen molar-refractivity contribution in [3.8, 4) is 0 Å². The Morgan fingerprint density at radius 3 is 3.21 bits per heavy atom. The predicted molar refractivity (Wildman–Crippen MR) is 55.5 cm³/mol. The molecule has 0 radical (unpaired) electrons. The SMILES string of the molecule is CCCCNC(=O)/C=C/c1cnc[nH]1. The zero-order valence-corrected chi connectivity index (χ0v) is 8.29. The normalized spacial score (nSPS) is 10.6. The lowest BCUT2D eigenvalue weighted by molar-refractivity contribution is -0.116. The highest BCUT2D eigenvalue weighted by atomic mass is 16.1. The number of unbranched alkanes of at least 4 members (excludes halogenated alkanes) is 1. The zero-order chi connectivity index (χ0) is 10.2. The lowest BCUT2D eigenvalue weighted by Crippen LogP contribution is -2.21. The van der Waals surface area contributed by atoms with E-state index in [4.69, 9.17) is 0 Å². The van der Waals surface area contributed by atoms with Crippen LogP contribution in [0.1, 0.15) is 25.5 Å². The van der Waals surface area contributed by atoms with Gasteiger partial charge in [0.25, 0.3) is 0 Å². The molecule has 4 heteroatoms. The standard InChI is InChI=1S/C10H15N3O/c1-2-3-6-12-10(14)5-4-9-7-11-8-13-9/h4-5,7-8H,2-3,6H2,1H3,(H,11,13)(H,12,14)/b5-4+. The molecule has 0 bridgehead atoms. The molecule has 0 atom stereocenters. The van der Waals surface area contributed by atoms with Gasteiger partial charge in [-0.15, -0.1) is 0 Å². The number of amides is 1. The van der Waals surface area contributed by atoms with Gasteiger partial charge in [0.05, 0.1) is 18.2 Å². The molecule has 1 rings (SSSR count). The number of nitrogens with one attached hydrogen (secondary N) is 2. The van der Waals surface area contributed by atoms with E-state index in [9.17, 15) is 4.79 Å². The highest BCUT2D eigenvalue weighted by Crippen LogP contribution is 1.93. The van der Waals surface area contributed by atoms with Gasteiger partial charge in [-0.05, 0) is 12.5 Å². The van der Waals surface area contributed by atoms with Gasteiger partial charge in [-0.25, -0.2) is 4.98 Å². The fourth-order valence-corrected chi connectivity index (χ4v) is 0.971. The molecule has 0 saturated heterocycles. The maximum absolute atomic E-state index is 11.2. The van der Waals surface area contributed by atoms with Gasteiger partial charge in [0.2, 0.25) is 5.91 Å². The largest absolute Gasteiger partial charge is 0.353 e. The van der Waals surface area contributed by atoms with Crippen LogP contribution in [0.4, 0.5) is 0 Å². The van der Waals surface area contributed by atoms with Crippen LogP contribution in [0.15, 0.2) is 18.6 Å². The molecule has 0 aliphatic rings. The highest BCUT2D eigenvalue weighted by Gasteiger charge is 1.93. The monoisotopic (exact) mass is 193 g/mol. The van der Waals surface area contributed by atoms with E-state index >= 15 is 0 Å². The number of hydrogen-bond donors (Lipinski definition) is 2. The van der Waals surface area contributed by atoms with Gasteiger partial charge in [0.15, 0.2) is 0 Å². The second-order valence-electron chi connectivity index (χ2n) is 2.98. The summed E-state index contributed by atoms with van der Waals surface area (Å²) in [6, 6.07) is 0. The van der Waals surface area contributed by atoms with Gasteiger partial charge in [-0.3, -0.25) is 4.79 Å². The number of imidazole rings is 1. The molecule has 0 aromatic carbocycles. The minimum Gasteiger partial charge on any atom is -0.353 e. The van der Waals surface area contributed by atoms with E-state index in [0.717, 1.165) is 25.1 Å². The van der Waals surface area contributed by atoms with Crippen molar-refractivity contribution in [3.05, 3.63) is 24.3 Å². The Morgan fingerprint density at radius 2 is 2.57 bits per heavy atom. The molecule has 4 nitrogen and oxygen atoms in total. The fourth-order valence-electron chi connectivity index (χ4n) is 0.971. The Bertz CT molecular complexity index is 290. The van der Waals surface area contributed by atoms with Crippen molar-refractivity contribution < 1.29 is 4.79 Å². The summed E-state index contributed by atoms with van der Waals surface area (Å²) in [4.78, 5) is 17.9. The molecule has 0 unspecified atom stereocenters. The predicted octanol–water partition coefficient (Wildman–Crippen LogP) is 1.34. The Labute approximate surface area is 83.4 Å². The summed E-state index contributed by atoms with van der Waals surface area (Å²) >= 11 is 0. The Hall–Kier alpha value is -1.58. The minimum absolute atomic E-state index is 0.0620. The first-order chi connectivity index (χ1) is 6.83. The number of H-pyrrole nitrogens is 1. The molecule has 76 valence electrons. The first kappa shape index (κ1) is 10.5. The highest BCUT2D eigenvalue weighted by molar-refractivity contribution is 5.91. The molecule has 1 amide bonds. The first-order valence-electron chi connectivity index (χ1n) is 4.77. The second-order valence-corrected chi connectivity index (χ2v) is 2.98. The average molecular weight is 193 g/mol. The summed E-state index contributed by atoms with van der Waals surface area (Å²) in [6.07, 6.45) is 8.55. The molecule has 0 fully saturated rings. The van der Waals surface area contributed by atoms with Gasteiger partial charge in [-0.2, -0.15) is 0 Å². The van der Waals surface area contributed by atoms with Crippen molar-refractivity contribution in [3.63, 3.8) is 0 Å². The lowest BCUT2D eigenvalue weighted by Gasteiger charge is -1.98. The van der Waals surface area contributed by atoms with Crippen LogP contribution in [0.2, 0.25) is 0 Å². The summed E-state index contributed by atoms with van der Waals surface area (Å²) in [5.41, 5.74) is 0.829. The number of hydrogen-bond acceptors (Lipinski definition) is 2. The van der Waals surface area contributed by atoms with Crippen LogP contribution in [0, 0.1) is 0 Å². The van der Waals surface area contributed by atoms with Crippen LogP contribution in [-0.4, -0.2) is 22.4 Å². The summed E-state index contributed by atoms with van der Waals surface area (Å²) in [5.74, 6) is -0.0620. The molecule has 2 N–H and O–H groups in total. The molecule has 0 spiro atoms. The Kier molecular flexibility index (Phi) is 4.47. The molecule has 1 heterocycles. The average Bonchev–Trinajstić information content (AvgIpc) is 2.68. The van der Waals surface area contributed by atoms with Gasteiger partial charge in [0.1, 0.15) is 0 Å². The van der Waals surface area contributed by atoms with Crippen LogP contribution in [-0.2, 0) is 4.79 Å². The summed E-state index contributed by atoms with van der Waals surface area (Å²) < 4.78 is 0. The molecule has 0 saturated carbocycles. The maximum atomic E-state index is 11.2. The van der Waals surface area contributed by atoms with E-state index in [0.29, 0.717) is 0 Å². The zero-order valence-electron chi connectivity index (χ0n) is 8.29. The van der Waals surface area contributed by atoms with Crippen molar-refractivity contribution in [2.75, 3.05) is 6.54 Å². The van der Waals surface area contributed by atoms with E-state index in [-0.39, 0.29) is 5.91 Å². The van der Waals surface area contributed by atoms with Crippen LogP contribution in [0.3, 0.4) is 0 Å². The molecule has 1 aromatic heterocycles. The Balaban J connectivity index is 2.26. The van der Waals surface area contributed by atoms with Crippen LogP contribution < -0.4 is 5.32 Å².